The Morgan fingerprint density at radius 3 is 2.39 bits per heavy atom. The average Bonchev–Trinajstić information content (AvgIpc) is 2.81. The summed E-state index contributed by atoms with van der Waals surface area (Å²) >= 11 is 0. The van der Waals surface area contributed by atoms with Crippen molar-refractivity contribution in [3.05, 3.63) is 0 Å². The van der Waals surface area contributed by atoms with Gasteiger partial charge in [-0.05, 0) is 58.7 Å². The zero-order valence-corrected chi connectivity index (χ0v) is 12.5. The molecule has 0 aromatic heterocycles. The summed E-state index contributed by atoms with van der Waals surface area (Å²) in [5.74, 6) is 0.981. The minimum absolute atomic E-state index is 0.248. The van der Waals surface area contributed by atoms with E-state index in [1.165, 1.54) is 45.1 Å². The number of hydrogen-bond donors (Lipinski definition) is 1. The van der Waals surface area contributed by atoms with Gasteiger partial charge in [0.25, 0.3) is 0 Å². The molecule has 1 unspecified atom stereocenters. The molecule has 0 bridgehead atoms. The molecule has 0 radical (unpaired) electrons. The molecule has 0 aromatic rings. The van der Waals surface area contributed by atoms with E-state index in [9.17, 15) is 0 Å². The van der Waals surface area contributed by atoms with Crippen molar-refractivity contribution in [3.8, 4) is 0 Å². The van der Waals surface area contributed by atoms with Crippen molar-refractivity contribution in [3.63, 3.8) is 0 Å². The standard InChI is InChI=1S/C15H31N3/c1-4-13-5-7-14(8-6-13)18(3)15(11-16)9-10-17(2)12-15/h13-14H,4-12,16H2,1-3H3. The van der Waals surface area contributed by atoms with Crippen LogP contribution in [0.15, 0.2) is 0 Å². The van der Waals surface area contributed by atoms with Crippen molar-refractivity contribution in [2.24, 2.45) is 11.7 Å². The Morgan fingerprint density at radius 2 is 1.94 bits per heavy atom. The van der Waals surface area contributed by atoms with Gasteiger partial charge in [0.1, 0.15) is 0 Å². The molecule has 1 saturated carbocycles. The van der Waals surface area contributed by atoms with E-state index in [4.69, 9.17) is 5.73 Å². The highest BCUT2D eigenvalue weighted by Crippen LogP contribution is 2.34. The molecule has 2 aliphatic rings. The first-order valence-corrected chi connectivity index (χ1v) is 7.73. The monoisotopic (exact) mass is 253 g/mol. The predicted octanol–water partition coefficient (Wildman–Crippen LogP) is 1.92. The molecule has 1 saturated heterocycles. The minimum Gasteiger partial charge on any atom is -0.329 e. The van der Waals surface area contributed by atoms with Crippen molar-refractivity contribution in [1.82, 2.24) is 9.80 Å². The summed E-state index contributed by atoms with van der Waals surface area (Å²) in [5, 5.41) is 0. The van der Waals surface area contributed by atoms with Gasteiger partial charge in [0, 0.05) is 24.7 Å². The fraction of sp³-hybridized carbons (Fsp3) is 1.00. The van der Waals surface area contributed by atoms with Crippen LogP contribution in [-0.2, 0) is 0 Å². The summed E-state index contributed by atoms with van der Waals surface area (Å²) < 4.78 is 0. The molecule has 3 heteroatoms. The molecular formula is C15H31N3. The van der Waals surface area contributed by atoms with Gasteiger partial charge in [0.2, 0.25) is 0 Å². The van der Waals surface area contributed by atoms with Gasteiger partial charge in [-0.3, -0.25) is 4.90 Å². The van der Waals surface area contributed by atoms with Crippen LogP contribution in [0.5, 0.6) is 0 Å². The molecule has 2 N–H and O–H groups in total. The van der Waals surface area contributed by atoms with Gasteiger partial charge in [-0.1, -0.05) is 13.3 Å². The smallest absolute Gasteiger partial charge is 0.0470 e. The number of rotatable bonds is 4. The lowest BCUT2D eigenvalue weighted by Gasteiger charge is -2.45. The lowest BCUT2D eigenvalue weighted by Crippen LogP contribution is -2.57. The summed E-state index contributed by atoms with van der Waals surface area (Å²) in [6.07, 6.45) is 8.19. The normalized spacial score (nSPS) is 38.5. The molecule has 1 aliphatic carbocycles. The van der Waals surface area contributed by atoms with Gasteiger partial charge in [-0.25, -0.2) is 0 Å². The third kappa shape index (κ3) is 2.73. The van der Waals surface area contributed by atoms with Crippen LogP contribution in [0.25, 0.3) is 0 Å². The third-order valence-electron chi connectivity index (χ3n) is 5.59. The molecule has 1 aliphatic heterocycles. The second-order valence-corrected chi connectivity index (χ2v) is 6.61. The highest BCUT2D eigenvalue weighted by Gasteiger charge is 2.42. The number of likely N-dealkylation sites (N-methyl/N-ethyl adjacent to an activating group) is 2. The number of hydrogen-bond acceptors (Lipinski definition) is 3. The van der Waals surface area contributed by atoms with Crippen LogP contribution < -0.4 is 5.73 Å². The molecule has 1 heterocycles. The number of likely N-dealkylation sites (tertiary alicyclic amines) is 1. The van der Waals surface area contributed by atoms with E-state index in [1.807, 2.05) is 0 Å². The molecule has 106 valence electrons. The van der Waals surface area contributed by atoms with Crippen LogP contribution in [0.3, 0.4) is 0 Å². The molecule has 2 fully saturated rings. The molecule has 18 heavy (non-hydrogen) atoms. The first-order valence-electron chi connectivity index (χ1n) is 7.73. The van der Waals surface area contributed by atoms with Gasteiger partial charge in [0.15, 0.2) is 0 Å². The number of nitrogens with zero attached hydrogens (tertiary/aromatic N) is 2. The highest BCUT2D eigenvalue weighted by molar-refractivity contribution is 5.00. The van der Waals surface area contributed by atoms with E-state index in [2.05, 4.69) is 30.8 Å². The van der Waals surface area contributed by atoms with Crippen molar-refractivity contribution in [2.45, 2.75) is 57.0 Å². The van der Waals surface area contributed by atoms with Crippen LogP contribution in [0.2, 0.25) is 0 Å². The Hall–Kier alpha value is -0.120. The maximum absolute atomic E-state index is 6.12. The zero-order valence-electron chi connectivity index (χ0n) is 12.5. The fourth-order valence-corrected chi connectivity index (χ4v) is 3.99. The van der Waals surface area contributed by atoms with Crippen molar-refractivity contribution in [1.29, 1.82) is 0 Å². The molecule has 0 spiro atoms. The topological polar surface area (TPSA) is 32.5 Å². The van der Waals surface area contributed by atoms with Gasteiger partial charge < -0.3 is 10.6 Å². The lowest BCUT2D eigenvalue weighted by molar-refractivity contribution is 0.0550. The van der Waals surface area contributed by atoms with Crippen LogP contribution in [0, 0.1) is 5.92 Å². The number of nitrogens with two attached hydrogens (primary N) is 1. The summed E-state index contributed by atoms with van der Waals surface area (Å²) in [7, 11) is 4.54. The summed E-state index contributed by atoms with van der Waals surface area (Å²) in [6, 6.07) is 0.767. The Kier molecular flexibility index (Phi) is 4.68. The third-order valence-corrected chi connectivity index (χ3v) is 5.59. The maximum atomic E-state index is 6.12. The van der Waals surface area contributed by atoms with E-state index in [0.29, 0.717) is 0 Å². The van der Waals surface area contributed by atoms with Crippen molar-refractivity contribution in [2.75, 3.05) is 33.7 Å². The van der Waals surface area contributed by atoms with Crippen LogP contribution in [0.1, 0.15) is 45.4 Å². The molecular weight excluding hydrogens is 222 g/mol. The van der Waals surface area contributed by atoms with Crippen LogP contribution in [0.4, 0.5) is 0 Å². The maximum Gasteiger partial charge on any atom is 0.0470 e. The second-order valence-electron chi connectivity index (χ2n) is 6.61. The lowest BCUT2D eigenvalue weighted by atomic mass is 9.82. The first kappa shape index (κ1) is 14.3. The van der Waals surface area contributed by atoms with E-state index in [0.717, 1.165) is 25.0 Å². The van der Waals surface area contributed by atoms with Gasteiger partial charge in [0.05, 0.1) is 0 Å². The molecule has 1 atom stereocenters. The average molecular weight is 253 g/mol. The van der Waals surface area contributed by atoms with Gasteiger partial charge in [-0.2, -0.15) is 0 Å². The Morgan fingerprint density at radius 1 is 1.28 bits per heavy atom. The Bertz CT molecular complexity index is 260. The predicted molar refractivity (Wildman–Crippen MR) is 77.7 cm³/mol. The fourth-order valence-electron chi connectivity index (χ4n) is 3.99. The Balaban J connectivity index is 1.96. The first-order chi connectivity index (χ1) is 8.61. The largest absolute Gasteiger partial charge is 0.329 e. The summed E-state index contributed by atoms with van der Waals surface area (Å²) in [4.78, 5) is 5.07. The SMILES string of the molecule is CCC1CCC(N(C)C2(CN)CCN(C)C2)CC1. The second kappa shape index (κ2) is 5.89. The molecule has 0 amide bonds. The van der Waals surface area contributed by atoms with Crippen molar-refractivity contribution < 1.29 is 0 Å². The van der Waals surface area contributed by atoms with Gasteiger partial charge in [-0.15, -0.1) is 0 Å². The van der Waals surface area contributed by atoms with Crippen LogP contribution in [-0.4, -0.2) is 55.1 Å². The summed E-state index contributed by atoms with van der Waals surface area (Å²) in [6.45, 7) is 5.49. The van der Waals surface area contributed by atoms with Gasteiger partial charge >= 0.3 is 0 Å². The van der Waals surface area contributed by atoms with E-state index >= 15 is 0 Å². The highest BCUT2D eigenvalue weighted by atomic mass is 15.3. The Labute approximate surface area is 113 Å². The quantitative estimate of drug-likeness (QED) is 0.831. The minimum atomic E-state index is 0.248. The van der Waals surface area contributed by atoms with Crippen molar-refractivity contribution >= 4 is 0 Å². The molecule has 2 rings (SSSR count). The summed E-state index contributed by atoms with van der Waals surface area (Å²) in [5.41, 5.74) is 6.37. The van der Waals surface area contributed by atoms with Crippen LogP contribution >= 0.6 is 0 Å². The van der Waals surface area contributed by atoms with E-state index in [1.54, 1.807) is 0 Å². The molecule has 0 aromatic carbocycles. The van der Waals surface area contributed by atoms with E-state index < -0.39 is 0 Å². The van der Waals surface area contributed by atoms with E-state index in [-0.39, 0.29) is 5.54 Å². The molecule has 3 nitrogen and oxygen atoms in total. The zero-order chi connectivity index (χ0) is 13.2.